The highest BCUT2D eigenvalue weighted by Crippen LogP contribution is 2.21. The molecule has 4 heterocycles. The number of nitrogens with zero attached hydrogens (tertiary/aromatic N) is 7. The van der Waals surface area contributed by atoms with Crippen LogP contribution in [0.4, 0.5) is 11.8 Å². The fourth-order valence-electron chi connectivity index (χ4n) is 3.73. The summed E-state index contributed by atoms with van der Waals surface area (Å²) < 4.78 is 0. The maximum Gasteiger partial charge on any atom is 0.274 e. The Balaban J connectivity index is 1.36. The van der Waals surface area contributed by atoms with Crippen LogP contribution in [0.3, 0.4) is 0 Å². The van der Waals surface area contributed by atoms with Gasteiger partial charge in [0, 0.05) is 51.7 Å². The van der Waals surface area contributed by atoms with Crippen molar-refractivity contribution >= 4 is 17.7 Å². The van der Waals surface area contributed by atoms with E-state index in [4.69, 9.17) is 0 Å². The number of carbonyl (C=O) groups is 1. The van der Waals surface area contributed by atoms with Crippen molar-refractivity contribution in [3.05, 3.63) is 36.3 Å². The molecule has 8 heteroatoms. The number of aromatic nitrogens is 4. The van der Waals surface area contributed by atoms with Crippen molar-refractivity contribution in [3.8, 4) is 0 Å². The van der Waals surface area contributed by atoms with E-state index in [0.29, 0.717) is 43.7 Å². The van der Waals surface area contributed by atoms with Crippen LogP contribution in [0.25, 0.3) is 0 Å². The Hall–Kier alpha value is -2.77. The van der Waals surface area contributed by atoms with Crippen molar-refractivity contribution in [2.24, 2.45) is 5.92 Å². The van der Waals surface area contributed by atoms with E-state index < -0.39 is 0 Å². The standard InChI is InChI=1S/C19H25N7O/c1-15-4-2-9-26(14-15)17-6-5-16(22-23-17)18(27)24-10-12-25(13-11-24)19-20-7-3-8-21-19/h3,5-8,15H,2,4,9-14H2,1H3. The zero-order chi connectivity index (χ0) is 18.6. The Labute approximate surface area is 159 Å². The first-order valence-electron chi connectivity index (χ1n) is 9.60. The van der Waals surface area contributed by atoms with Gasteiger partial charge in [0.2, 0.25) is 5.95 Å². The molecule has 2 aromatic heterocycles. The largest absolute Gasteiger partial charge is 0.355 e. The molecule has 2 aliphatic heterocycles. The average molecular weight is 367 g/mol. The highest BCUT2D eigenvalue weighted by molar-refractivity contribution is 5.92. The number of rotatable bonds is 3. The lowest BCUT2D eigenvalue weighted by Crippen LogP contribution is -2.49. The quantitative estimate of drug-likeness (QED) is 0.813. The van der Waals surface area contributed by atoms with E-state index in [0.717, 1.165) is 18.9 Å². The van der Waals surface area contributed by atoms with Gasteiger partial charge in [-0.1, -0.05) is 6.92 Å². The number of hydrogen-bond acceptors (Lipinski definition) is 7. The second kappa shape index (κ2) is 7.85. The molecule has 0 saturated carbocycles. The van der Waals surface area contributed by atoms with Crippen molar-refractivity contribution < 1.29 is 4.79 Å². The minimum atomic E-state index is -0.0605. The van der Waals surface area contributed by atoms with Gasteiger partial charge >= 0.3 is 0 Å². The molecule has 1 atom stereocenters. The zero-order valence-electron chi connectivity index (χ0n) is 15.7. The van der Waals surface area contributed by atoms with Crippen LogP contribution >= 0.6 is 0 Å². The maximum absolute atomic E-state index is 12.7. The Morgan fingerprint density at radius 3 is 2.44 bits per heavy atom. The number of anilines is 2. The fraction of sp³-hybridized carbons (Fsp3) is 0.526. The normalized spacial score (nSPS) is 20.6. The third-order valence-corrected chi connectivity index (χ3v) is 5.25. The lowest BCUT2D eigenvalue weighted by atomic mass is 10.0. The van der Waals surface area contributed by atoms with Crippen LogP contribution in [0, 0.1) is 5.92 Å². The smallest absolute Gasteiger partial charge is 0.274 e. The van der Waals surface area contributed by atoms with Crippen molar-refractivity contribution in [2.45, 2.75) is 19.8 Å². The van der Waals surface area contributed by atoms with Gasteiger partial charge in [0.15, 0.2) is 11.5 Å². The highest BCUT2D eigenvalue weighted by Gasteiger charge is 2.25. The van der Waals surface area contributed by atoms with Gasteiger partial charge in [-0.25, -0.2) is 9.97 Å². The number of piperidine rings is 1. The molecule has 2 aromatic rings. The van der Waals surface area contributed by atoms with Gasteiger partial charge in [-0.3, -0.25) is 4.79 Å². The van der Waals surface area contributed by atoms with Crippen molar-refractivity contribution in [1.29, 1.82) is 0 Å². The second-order valence-corrected chi connectivity index (χ2v) is 7.30. The van der Waals surface area contributed by atoms with Crippen LogP contribution in [0.1, 0.15) is 30.3 Å². The third-order valence-electron chi connectivity index (χ3n) is 5.25. The van der Waals surface area contributed by atoms with Crippen LogP contribution in [-0.2, 0) is 0 Å². The van der Waals surface area contributed by atoms with E-state index in [1.807, 2.05) is 11.0 Å². The maximum atomic E-state index is 12.7. The lowest BCUT2D eigenvalue weighted by Gasteiger charge is -2.34. The third kappa shape index (κ3) is 3.99. The summed E-state index contributed by atoms with van der Waals surface area (Å²) in [4.78, 5) is 27.5. The first kappa shape index (κ1) is 17.6. The first-order valence-corrected chi connectivity index (χ1v) is 9.60. The summed E-state index contributed by atoms with van der Waals surface area (Å²) in [7, 11) is 0. The molecule has 0 N–H and O–H groups in total. The summed E-state index contributed by atoms with van der Waals surface area (Å²) in [5.41, 5.74) is 0.410. The van der Waals surface area contributed by atoms with E-state index in [-0.39, 0.29) is 5.91 Å². The van der Waals surface area contributed by atoms with E-state index in [1.165, 1.54) is 12.8 Å². The minimum Gasteiger partial charge on any atom is -0.355 e. The number of amides is 1. The van der Waals surface area contributed by atoms with Crippen LogP contribution < -0.4 is 9.80 Å². The Morgan fingerprint density at radius 2 is 1.78 bits per heavy atom. The topological polar surface area (TPSA) is 78.4 Å². The molecule has 1 amide bonds. The molecular formula is C19H25N7O. The van der Waals surface area contributed by atoms with Gasteiger partial charge in [-0.05, 0) is 37.0 Å². The highest BCUT2D eigenvalue weighted by atomic mass is 16.2. The molecule has 2 aliphatic rings. The second-order valence-electron chi connectivity index (χ2n) is 7.30. The number of carbonyl (C=O) groups excluding carboxylic acids is 1. The molecule has 1 unspecified atom stereocenters. The monoisotopic (exact) mass is 367 g/mol. The van der Waals surface area contributed by atoms with Crippen LogP contribution in [0.15, 0.2) is 30.6 Å². The zero-order valence-corrected chi connectivity index (χ0v) is 15.7. The van der Waals surface area contributed by atoms with E-state index >= 15 is 0 Å². The summed E-state index contributed by atoms with van der Waals surface area (Å²) in [6, 6.07) is 5.53. The van der Waals surface area contributed by atoms with Crippen LogP contribution in [0.5, 0.6) is 0 Å². The summed E-state index contributed by atoms with van der Waals surface area (Å²) >= 11 is 0. The molecule has 2 fully saturated rings. The number of piperazine rings is 1. The van der Waals surface area contributed by atoms with Gasteiger partial charge in [0.1, 0.15) is 0 Å². The Morgan fingerprint density at radius 1 is 1.00 bits per heavy atom. The average Bonchev–Trinajstić information content (AvgIpc) is 2.74. The van der Waals surface area contributed by atoms with Crippen molar-refractivity contribution in [1.82, 2.24) is 25.1 Å². The van der Waals surface area contributed by atoms with E-state index in [1.54, 1.807) is 24.5 Å². The molecule has 0 radical (unpaired) electrons. The molecule has 27 heavy (non-hydrogen) atoms. The van der Waals surface area contributed by atoms with Crippen molar-refractivity contribution in [3.63, 3.8) is 0 Å². The van der Waals surface area contributed by atoms with Gasteiger partial charge < -0.3 is 14.7 Å². The molecule has 4 rings (SSSR count). The molecule has 2 saturated heterocycles. The summed E-state index contributed by atoms with van der Waals surface area (Å²) in [5.74, 6) is 2.19. The number of hydrogen-bond donors (Lipinski definition) is 0. The van der Waals surface area contributed by atoms with Crippen LogP contribution in [0.2, 0.25) is 0 Å². The van der Waals surface area contributed by atoms with Gasteiger partial charge in [-0.2, -0.15) is 0 Å². The van der Waals surface area contributed by atoms with E-state index in [2.05, 4.69) is 36.9 Å². The van der Waals surface area contributed by atoms with Crippen molar-refractivity contribution in [2.75, 3.05) is 49.1 Å². The SMILES string of the molecule is CC1CCCN(c2ccc(C(=O)N3CCN(c4ncccn4)CC3)nn2)C1. The molecule has 0 aliphatic carbocycles. The molecule has 0 bridgehead atoms. The van der Waals surface area contributed by atoms with Crippen LogP contribution in [-0.4, -0.2) is 70.2 Å². The van der Waals surface area contributed by atoms with E-state index in [9.17, 15) is 4.79 Å². The Kier molecular flexibility index (Phi) is 5.13. The molecule has 8 nitrogen and oxygen atoms in total. The fourth-order valence-corrected chi connectivity index (χ4v) is 3.73. The van der Waals surface area contributed by atoms with Gasteiger partial charge in [0.25, 0.3) is 5.91 Å². The molecule has 0 aromatic carbocycles. The molecule has 0 spiro atoms. The summed E-state index contributed by atoms with van der Waals surface area (Å²) in [5, 5.41) is 8.52. The predicted octanol–water partition coefficient (Wildman–Crippen LogP) is 1.47. The molecular weight excluding hydrogens is 342 g/mol. The van der Waals surface area contributed by atoms with Gasteiger partial charge in [0.05, 0.1) is 0 Å². The first-order chi connectivity index (χ1) is 13.2. The Bertz CT molecular complexity index is 759. The minimum absolute atomic E-state index is 0.0605. The summed E-state index contributed by atoms with van der Waals surface area (Å²) in [6.45, 7) is 6.97. The predicted molar refractivity (Wildman–Crippen MR) is 103 cm³/mol. The molecule has 142 valence electrons. The summed E-state index contributed by atoms with van der Waals surface area (Å²) in [6.07, 6.45) is 5.92. The van der Waals surface area contributed by atoms with Gasteiger partial charge in [-0.15, -0.1) is 10.2 Å². The lowest BCUT2D eigenvalue weighted by molar-refractivity contribution is 0.0739.